The summed E-state index contributed by atoms with van der Waals surface area (Å²) in [5.41, 5.74) is 5.86. The minimum Gasteiger partial charge on any atom is -0.493 e. The molecule has 0 radical (unpaired) electrons. The Labute approximate surface area is 182 Å². The molecule has 5 rings (SSSR count). The van der Waals surface area contributed by atoms with Gasteiger partial charge in [-0.1, -0.05) is 5.16 Å². The van der Waals surface area contributed by atoms with Crippen molar-refractivity contribution < 1.29 is 18.7 Å². The Morgan fingerprint density at radius 1 is 0.968 bits per heavy atom. The van der Waals surface area contributed by atoms with Gasteiger partial charge in [0.05, 0.1) is 33.2 Å². The van der Waals surface area contributed by atoms with Crippen LogP contribution in [-0.2, 0) is 19.4 Å². The number of ether oxygens (including phenoxy) is 3. The quantitative estimate of drug-likeness (QED) is 0.572. The Hall–Kier alpha value is -2.93. The molecule has 3 heterocycles. The monoisotopic (exact) mass is 423 g/mol. The van der Waals surface area contributed by atoms with Gasteiger partial charge in [0.15, 0.2) is 17.3 Å². The molecule has 1 aliphatic carbocycles. The first-order valence-corrected chi connectivity index (χ1v) is 10.9. The number of nitrogens with zero attached hydrogens (tertiary/aromatic N) is 3. The smallest absolute Gasteiger partial charge is 0.203 e. The lowest BCUT2D eigenvalue weighted by Gasteiger charge is -2.19. The van der Waals surface area contributed by atoms with E-state index in [1.165, 1.54) is 42.8 Å². The van der Waals surface area contributed by atoms with Crippen molar-refractivity contribution in [2.75, 3.05) is 41.0 Å². The van der Waals surface area contributed by atoms with Crippen LogP contribution in [0.5, 0.6) is 17.2 Å². The number of aryl methyl sites for hydroxylation is 1. The van der Waals surface area contributed by atoms with Crippen LogP contribution in [0.4, 0.5) is 0 Å². The fraction of sp³-hybridized carbons (Fsp3) is 0.458. The number of benzene rings is 1. The summed E-state index contributed by atoms with van der Waals surface area (Å²) < 4.78 is 24.8. The van der Waals surface area contributed by atoms with Crippen LogP contribution in [0.2, 0.25) is 0 Å². The normalized spacial score (nSPS) is 15.6. The van der Waals surface area contributed by atoms with Crippen LogP contribution in [0.15, 0.2) is 29.0 Å². The third kappa shape index (κ3) is 3.47. The first kappa shape index (κ1) is 20.0. The second-order valence-electron chi connectivity index (χ2n) is 8.21. The summed E-state index contributed by atoms with van der Waals surface area (Å²) in [6.07, 6.45) is 8.55. The molecule has 0 N–H and O–H groups in total. The van der Waals surface area contributed by atoms with Gasteiger partial charge in [-0.2, -0.15) is 0 Å². The van der Waals surface area contributed by atoms with E-state index >= 15 is 0 Å². The fourth-order valence-corrected chi connectivity index (χ4v) is 4.96. The molecule has 1 saturated heterocycles. The van der Waals surface area contributed by atoms with E-state index in [-0.39, 0.29) is 0 Å². The molecule has 164 valence electrons. The van der Waals surface area contributed by atoms with Gasteiger partial charge >= 0.3 is 0 Å². The molecule has 0 spiro atoms. The van der Waals surface area contributed by atoms with E-state index in [9.17, 15) is 0 Å². The minimum atomic E-state index is 0.607. The van der Waals surface area contributed by atoms with Crippen LogP contribution in [0.3, 0.4) is 0 Å². The molecule has 7 nitrogen and oxygen atoms in total. The van der Waals surface area contributed by atoms with Crippen LogP contribution < -0.4 is 14.2 Å². The molecular formula is C24H29N3O4. The van der Waals surface area contributed by atoms with Crippen molar-refractivity contribution in [3.05, 3.63) is 35.7 Å². The first-order chi connectivity index (χ1) is 15.2. The average molecular weight is 424 g/mol. The van der Waals surface area contributed by atoms with Gasteiger partial charge in [-0.25, -0.2) is 0 Å². The molecule has 2 aromatic heterocycles. The fourth-order valence-electron chi connectivity index (χ4n) is 4.96. The van der Waals surface area contributed by atoms with E-state index in [0.717, 1.165) is 42.8 Å². The zero-order valence-electron chi connectivity index (χ0n) is 18.4. The van der Waals surface area contributed by atoms with E-state index in [4.69, 9.17) is 18.7 Å². The predicted molar refractivity (Wildman–Crippen MR) is 118 cm³/mol. The molecule has 1 aromatic carbocycles. The van der Waals surface area contributed by atoms with E-state index in [1.54, 1.807) is 21.3 Å². The molecule has 0 atom stereocenters. The zero-order valence-corrected chi connectivity index (χ0v) is 18.4. The summed E-state index contributed by atoms with van der Waals surface area (Å²) in [7, 11) is 4.94. The summed E-state index contributed by atoms with van der Waals surface area (Å²) >= 11 is 0. The standard InChI is InChI=1S/C24H29N3O4/c1-28-20-12-17(13-21(29-2)24(20)30-3)22-18-7-6-16-14-25-31-23(16)19(18)15-27(22)11-10-26-8-4-5-9-26/h12-15H,4-11H2,1-3H3. The topological polar surface area (TPSA) is 61.9 Å². The third-order valence-corrected chi connectivity index (χ3v) is 6.51. The first-order valence-electron chi connectivity index (χ1n) is 10.9. The number of hydrogen-bond acceptors (Lipinski definition) is 6. The van der Waals surface area contributed by atoms with Gasteiger partial charge in [-0.05, 0) is 56.5 Å². The number of methoxy groups -OCH3 is 3. The number of hydrogen-bond donors (Lipinski definition) is 0. The second-order valence-corrected chi connectivity index (χ2v) is 8.21. The maximum absolute atomic E-state index is 5.65. The maximum atomic E-state index is 5.65. The Bertz CT molecular complexity index is 1050. The van der Waals surface area contributed by atoms with Crippen molar-refractivity contribution in [2.24, 2.45) is 0 Å². The van der Waals surface area contributed by atoms with Gasteiger partial charge in [-0.15, -0.1) is 0 Å². The van der Waals surface area contributed by atoms with Crippen LogP contribution in [0.1, 0.15) is 24.0 Å². The Balaban J connectivity index is 1.63. The molecule has 0 bridgehead atoms. The molecule has 3 aromatic rings. The van der Waals surface area contributed by atoms with E-state index in [2.05, 4.69) is 20.8 Å². The van der Waals surface area contributed by atoms with Crippen molar-refractivity contribution >= 4 is 0 Å². The molecule has 31 heavy (non-hydrogen) atoms. The van der Waals surface area contributed by atoms with Gasteiger partial charge in [0, 0.05) is 36.0 Å². The van der Waals surface area contributed by atoms with Gasteiger partial charge < -0.3 is 28.2 Å². The molecule has 2 aliphatic rings. The average Bonchev–Trinajstić information content (AvgIpc) is 3.55. The van der Waals surface area contributed by atoms with Crippen molar-refractivity contribution in [1.29, 1.82) is 0 Å². The number of likely N-dealkylation sites (tertiary alicyclic amines) is 1. The van der Waals surface area contributed by atoms with Crippen molar-refractivity contribution in [3.63, 3.8) is 0 Å². The molecule has 1 fully saturated rings. The molecule has 0 saturated carbocycles. The number of aromatic nitrogens is 2. The Morgan fingerprint density at radius 2 is 1.71 bits per heavy atom. The SMILES string of the molecule is COc1cc(-c2c3c(cn2CCN2CCCC2)-c2oncc2CC3)cc(OC)c1OC. The highest BCUT2D eigenvalue weighted by molar-refractivity contribution is 5.80. The Kier molecular flexibility index (Phi) is 5.36. The molecule has 1 aliphatic heterocycles. The van der Waals surface area contributed by atoms with Crippen LogP contribution >= 0.6 is 0 Å². The van der Waals surface area contributed by atoms with Gasteiger partial charge in [0.1, 0.15) is 0 Å². The predicted octanol–water partition coefficient (Wildman–Crippen LogP) is 4.03. The zero-order chi connectivity index (χ0) is 21.4. The van der Waals surface area contributed by atoms with Crippen molar-refractivity contribution in [1.82, 2.24) is 14.6 Å². The maximum Gasteiger partial charge on any atom is 0.203 e. The molecular weight excluding hydrogens is 394 g/mol. The molecule has 7 heteroatoms. The highest BCUT2D eigenvalue weighted by atomic mass is 16.5. The van der Waals surface area contributed by atoms with Crippen molar-refractivity contribution in [2.45, 2.75) is 32.2 Å². The van der Waals surface area contributed by atoms with Gasteiger partial charge in [-0.3, -0.25) is 0 Å². The number of rotatable bonds is 7. The highest BCUT2D eigenvalue weighted by Crippen LogP contribution is 2.45. The van der Waals surface area contributed by atoms with Crippen LogP contribution in [-0.4, -0.2) is 55.6 Å². The Morgan fingerprint density at radius 3 is 2.39 bits per heavy atom. The summed E-state index contributed by atoms with van der Waals surface area (Å²) in [6.45, 7) is 4.33. The number of fused-ring (bicyclic) bond motifs is 3. The van der Waals surface area contributed by atoms with Crippen LogP contribution in [0.25, 0.3) is 22.6 Å². The lowest BCUT2D eigenvalue weighted by atomic mass is 9.91. The summed E-state index contributed by atoms with van der Waals surface area (Å²) in [5, 5.41) is 4.05. The van der Waals surface area contributed by atoms with Gasteiger partial charge in [0.25, 0.3) is 0 Å². The summed E-state index contributed by atoms with van der Waals surface area (Å²) in [6, 6.07) is 4.08. The van der Waals surface area contributed by atoms with E-state index in [0.29, 0.717) is 17.2 Å². The lowest BCUT2D eigenvalue weighted by Crippen LogP contribution is -2.24. The molecule has 0 amide bonds. The highest BCUT2D eigenvalue weighted by Gasteiger charge is 2.28. The second kappa shape index (κ2) is 8.30. The summed E-state index contributed by atoms with van der Waals surface area (Å²) in [5.74, 6) is 2.83. The van der Waals surface area contributed by atoms with Gasteiger partial charge in [0.2, 0.25) is 5.75 Å². The summed E-state index contributed by atoms with van der Waals surface area (Å²) in [4.78, 5) is 2.54. The molecule has 0 unspecified atom stereocenters. The largest absolute Gasteiger partial charge is 0.493 e. The van der Waals surface area contributed by atoms with E-state index in [1.807, 2.05) is 18.3 Å². The van der Waals surface area contributed by atoms with Crippen molar-refractivity contribution in [3.8, 4) is 39.8 Å². The van der Waals surface area contributed by atoms with Crippen LogP contribution in [0, 0.1) is 0 Å². The van der Waals surface area contributed by atoms with E-state index < -0.39 is 0 Å². The lowest BCUT2D eigenvalue weighted by molar-refractivity contribution is 0.322. The third-order valence-electron chi connectivity index (χ3n) is 6.51. The minimum absolute atomic E-state index is 0.607.